The monoisotopic (exact) mass is 813 g/mol. The number of para-hydroxylation sites is 2. The van der Waals surface area contributed by atoms with Crippen LogP contribution in [0.5, 0.6) is 11.5 Å². The van der Waals surface area contributed by atoms with Gasteiger partial charge in [0.25, 0.3) is 0 Å². The third-order valence-electron chi connectivity index (χ3n) is 10.6. The number of aromatic nitrogens is 4. The minimum Gasteiger partial charge on any atom is -0.490 e. The number of pyridine rings is 2. The van der Waals surface area contributed by atoms with Crippen molar-refractivity contribution in [2.24, 2.45) is 5.92 Å². The van der Waals surface area contributed by atoms with Gasteiger partial charge in [0.15, 0.2) is 0 Å². The molecule has 6 aromatic rings. The number of ether oxygens (including phenoxy) is 2. The summed E-state index contributed by atoms with van der Waals surface area (Å²) in [7, 11) is 0. The van der Waals surface area contributed by atoms with Gasteiger partial charge in [0.1, 0.15) is 29.7 Å². The Balaban J connectivity index is 0.000000181. The predicted molar refractivity (Wildman–Crippen MR) is 227 cm³/mol. The van der Waals surface area contributed by atoms with Crippen LogP contribution in [0.2, 0.25) is 0 Å². The van der Waals surface area contributed by atoms with E-state index in [1.165, 1.54) is 0 Å². The summed E-state index contributed by atoms with van der Waals surface area (Å²) in [6.45, 7) is 4.68. The van der Waals surface area contributed by atoms with Crippen LogP contribution in [0, 0.1) is 5.92 Å². The molecule has 15 heteroatoms. The maximum atomic E-state index is 12.6. The molecular formula is C45H51N9O6. The summed E-state index contributed by atoms with van der Waals surface area (Å²) in [4.78, 5) is 64.6. The first kappa shape index (κ1) is 41.4. The van der Waals surface area contributed by atoms with Crippen molar-refractivity contribution in [3.05, 3.63) is 121 Å². The summed E-state index contributed by atoms with van der Waals surface area (Å²) in [5, 5.41) is 16.5. The van der Waals surface area contributed by atoms with E-state index in [4.69, 9.17) is 9.47 Å². The molecule has 1 saturated carbocycles. The maximum Gasteiger partial charge on any atom is 0.242 e. The Hall–Kier alpha value is -6.74. The Bertz CT molecular complexity index is 2140. The highest BCUT2D eigenvalue weighted by Gasteiger charge is 2.33. The molecule has 15 nitrogen and oxygen atoms in total. The molecule has 7 N–H and O–H groups in total. The zero-order valence-electron chi connectivity index (χ0n) is 33.7. The van der Waals surface area contributed by atoms with Crippen LogP contribution in [-0.2, 0) is 32.3 Å². The van der Waals surface area contributed by atoms with Crippen LogP contribution in [-0.4, -0.2) is 80.4 Å². The second kappa shape index (κ2) is 19.8. The third-order valence-corrected chi connectivity index (χ3v) is 10.6. The molecule has 2 aliphatic rings. The molecule has 2 aromatic carbocycles. The number of H-pyrrole nitrogens is 2. The number of benzene rings is 2. The number of aromatic amines is 2. The van der Waals surface area contributed by atoms with Crippen molar-refractivity contribution in [2.75, 3.05) is 6.54 Å². The molecule has 0 radical (unpaired) electrons. The Morgan fingerprint density at radius 2 is 1.18 bits per heavy atom. The Morgan fingerprint density at radius 3 is 1.72 bits per heavy atom. The van der Waals surface area contributed by atoms with E-state index in [0.29, 0.717) is 32.5 Å². The molecule has 4 amide bonds. The van der Waals surface area contributed by atoms with Crippen LogP contribution in [0.25, 0.3) is 21.8 Å². The van der Waals surface area contributed by atoms with Gasteiger partial charge >= 0.3 is 0 Å². The fourth-order valence-corrected chi connectivity index (χ4v) is 7.36. The normalized spacial score (nSPS) is 19.4. The van der Waals surface area contributed by atoms with E-state index in [0.717, 1.165) is 57.5 Å². The minimum absolute atomic E-state index is 0.0313. The summed E-state index contributed by atoms with van der Waals surface area (Å²) in [6, 6.07) is 25.2. The molecule has 0 spiro atoms. The van der Waals surface area contributed by atoms with Crippen molar-refractivity contribution in [2.45, 2.75) is 83.0 Å². The second-order valence-corrected chi connectivity index (χ2v) is 15.2. The molecule has 8 rings (SSSR count). The van der Waals surface area contributed by atoms with Crippen molar-refractivity contribution >= 4 is 45.4 Å². The molecule has 6 atom stereocenters. The summed E-state index contributed by atoms with van der Waals surface area (Å²) in [5.74, 6) is 0.734. The average Bonchev–Trinajstić information content (AvgIpc) is 4.09. The largest absolute Gasteiger partial charge is 0.490 e. The van der Waals surface area contributed by atoms with Crippen molar-refractivity contribution in [1.29, 1.82) is 0 Å². The standard InChI is InChI=1S/C23H26N4O3.C22H25N5O3/c1-15(22(28)25-14-18-11-17-13-24-10-9-21(17)27-18)26-23(29)16-7-8-20(12-16)30-19-5-3-2-4-6-19;1-14(21(28)25-12-16-9-15-11-23-8-7-19(15)27-16)26-22(29)20-10-18(13-24-20)30-17-5-3-2-4-6-17/h2-6,9-11,13,15-16,20,27H,7-8,12,14H2,1H3,(H,25,28)(H,26,29);2-9,11,14,18,20,24,27H,10,12-13H2,1H3,(H,25,28)(H,26,29)/t15-,16+,20+;14-,18-,20+/m00/s1. The topological polar surface area (TPSA) is 204 Å². The van der Waals surface area contributed by atoms with Gasteiger partial charge in [0.2, 0.25) is 23.6 Å². The Labute approximate surface area is 347 Å². The Kier molecular flexibility index (Phi) is 13.7. The molecule has 2 fully saturated rings. The van der Waals surface area contributed by atoms with Gasteiger partial charge in [-0.2, -0.15) is 0 Å². The van der Waals surface area contributed by atoms with Gasteiger partial charge in [0.05, 0.1) is 25.2 Å². The van der Waals surface area contributed by atoms with E-state index < -0.39 is 12.1 Å². The number of carbonyl (C=O) groups excluding carboxylic acids is 4. The first-order valence-corrected chi connectivity index (χ1v) is 20.3. The molecule has 60 heavy (non-hydrogen) atoms. The van der Waals surface area contributed by atoms with E-state index in [1.54, 1.807) is 38.6 Å². The van der Waals surface area contributed by atoms with Gasteiger partial charge in [-0.3, -0.25) is 29.1 Å². The van der Waals surface area contributed by atoms with E-state index in [9.17, 15) is 19.2 Å². The molecule has 1 aliphatic carbocycles. The zero-order chi connectivity index (χ0) is 41.8. The number of rotatable bonds is 14. The average molecular weight is 814 g/mol. The Morgan fingerprint density at radius 1 is 0.667 bits per heavy atom. The van der Waals surface area contributed by atoms with Gasteiger partial charge in [0, 0.05) is 76.9 Å². The van der Waals surface area contributed by atoms with Crippen molar-refractivity contribution < 1.29 is 28.7 Å². The van der Waals surface area contributed by atoms with E-state index in [-0.39, 0.29) is 47.8 Å². The molecule has 4 aromatic heterocycles. The summed E-state index contributed by atoms with van der Waals surface area (Å²) < 4.78 is 11.8. The lowest BCUT2D eigenvalue weighted by molar-refractivity contribution is -0.130. The molecule has 1 aliphatic heterocycles. The van der Waals surface area contributed by atoms with Gasteiger partial charge in [-0.05, 0) is 81.6 Å². The molecule has 5 heterocycles. The SMILES string of the molecule is C[C@H](NC(=O)[C@@H]1CC[C@@H](Oc2ccccc2)C1)C(=O)NCc1cc2cnccc2[nH]1.C[C@H](NC(=O)[C@H]1C[C@H](Oc2ccccc2)CN1)C(=O)NCc1cc2cnccc2[nH]1. The fourth-order valence-electron chi connectivity index (χ4n) is 7.36. The zero-order valence-corrected chi connectivity index (χ0v) is 33.7. The predicted octanol–water partition coefficient (Wildman–Crippen LogP) is 4.42. The number of hydrogen-bond donors (Lipinski definition) is 7. The van der Waals surface area contributed by atoms with Crippen LogP contribution in [0.1, 0.15) is 50.9 Å². The number of amides is 4. The van der Waals surface area contributed by atoms with Gasteiger partial charge in [-0.1, -0.05) is 36.4 Å². The number of nitrogens with zero attached hydrogens (tertiary/aromatic N) is 2. The third kappa shape index (κ3) is 11.3. The second-order valence-electron chi connectivity index (χ2n) is 15.2. The summed E-state index contributed by atoms with van der Waals surface area (Å²) >= 11 is 0. The van der Waals surface area contributed by atoms with Crippen LogP contribution >= 0.6 is 0 Å². The van der Waals surface area contributed by atoms with E-state index in [2.05, 4.69) is 46.5 Å². The molecule has 1 saturated heterocycles. The lowest BCUT2D eigenvalue weighted by atomic mass is 10.1. The smallest absolute Gasteiger partial charge is 0.242 e. The lowest BCUT2D eigenvalue weighted by Crippen LogP contribution is -2.49. The van der Waals surface area contributed by atoms with Crippen LogP contribution in [0.15, 0.2) is 110 Å². The van der Waals surface area contributed by atoms with Crippen LogP contribution in [0.4, 0.5) is 0 Å². The number of nitrogens with one attached hydrogen (secondary N) is 7. The highest BCUT2D eigenvalue weighted by atomic mass is 16.5. The summed E-state index contributed by atoms with van der Waals surface area (Å²) in [5.41, 5.74) is 3.71. The van der Waals surface area contributed by atoms with Crippen LogP contribution in [0.3, 0.4) is 0 Å². The maximum absolute atomic E-state index is 12.6. The summed E-state index contributed by atoms with van der Waals surface area (Å²) in [6.07, 6.45) is 9.75. The highest BCUT2D eigenvalue weighted by molar-refractivity contribution is 5.90. The highest BCUT2D eigenvalue weighted by Crippen LogP contribution is 2.29. The molecule has 0 bridgehead atoms. The van der Waals surface area contributed by atoms with Crippen LogP contribution < -0.4 is 36.1 Å². The van der Waals surface area contributed by atoms with E-state index >= 15 is 0 Å². The number of fused-ring (bicyclic) bond motifs is 2. The van der Waals surface area contributed by atoms with Crippen molar-refractivity contribution in [1.82, 2.24) is 46.5 Å². The first-order valence-electron chi connectivity index (χ1n) is 20.3. The molecular weight excluding hydrogens is 763 g/mol. The number of hydrogen-bond acceptors (Lipinski definition) is 9. The lowest BCUT2D eigenvalue weighted by Gasteiger charge is -2.17. The fraction of sp³-hybridized carbons (Fsp3) is 0.333. The van der Waals surface area contributed by atoms with Gasteiger partial charge < -0.3 is 46.0 Å². The van der Waals surface area contributed by atoms with Crippen molar-refractivity contribution in [3.63, 3.8) is 0 Å². The number of carbonyl (C=O) groups is 4. The van der Waals surface area contributed by atoms with Gasteiger partial charge in [-0.15, -0.1) is 0 Å². The molecule has 0 unspecified atom stereocenters. The molecule has 312 valence electrons. The quantitative estimate of drug-likeness (QED) is 0.0831. The first-order chi connectivity index (χ1) is 29.2. The van der Waals surface area contributed by atoms with Crippen molar-refractivity contribution in [3.8, 4) is 11.5 Å². The van der Waals surface area contributed by atoms with E-state index in [1.807, 2.05) is 84.9 Å². The minimum atomic E-state index is -0.639. The van der Waals surface area contributed by atoms with Gasteiger partial charge in [-0.25, -0.2) is 0 Å².